The molecule has 1 aromatic rings. The molecule has 0 radical (unpaired) electrons. The van der Waals surface area contributed by atoms with Crippen molar-refractivity contribution in [2.75, 3.05) is 26.7 Å². The quantitative estimate of drug-likeness (QED) is 0.768. The highest BCUT2D eigenvalue weighted by atomic mass is 15.2. The van der Waals surface area contributed by atoms with Crippen LogP contribution in [0.4, 0.5) is 0 Å². The van der Waals surface area contributed by atoms with Gasteiger partial charge in [-0.3, -0.25) is 0 Å². The molecule has 0 aromatic carbocycles. The third kappa shape index (κ3) is 3.04. The maximum absolute atomic E-state index is 4.04. The first-order valence-corrected chi connectivity index (χ1v) is 5.73. The summed E-state index contributed by atoms with van der Waals surface area (Å²) in [5.41, 5.74) is 0. The maximum atomic E-state index is 4.04. The molecule has 1 unspecified atom stereocenters. The van der Waals surface area contributed by atoms with Crippen LogP contribution in [0.3, 0.4) is 0 Å². The molecule has 84 valence electrons. The summed E-state index contributed by atoms with van der Waals surface area (Å²) in [5, 5.41) is 3.40. The number of likely N-dealkylation sites (N-methyl/N-ethyl adjacent to an activating group) is 1. The Labute approximate surface area is 91.3 Å². The molecule has 4 nitrogen and oxygen atoms in total. The zero-order chi connectivity index (χ0) is 10.5. The van der Waals surface area contributed by atoms with E-state index in [0.717, 1.165) is 19.1 Å². The fraction of sp³-hybridized carbons (Fsp3) is 0.727. The largest absolute Gasteiger partial charge is 0.337 e. The molecular weight excluding hydrogens is 188 g/mol. The van der Waals surface area contributed by atoms with Crippen molar-refractivity contribution in [2.24, 2.45) is 0 Å². The van der Waals surface area contributed by atoms with Gasteiger partial charge in [-0.05, 0) is 33.0 Å². The van der Waals surface area contributed by atoms with Crippen molar-refractivity contribution in [3.63, 3.8) is 0 Å². The van der Waals surface area contributed by atoms with Crippen LogP contribution < -0.4 is 5.32 Å². The van der Waals surface area contributed by atoms with Crippen LogP contribution in [-0.4, -0.2) is 47.2 Å². The summed E-state index contributed by atoms with van der Waals surface area (Å²) in [6.07, 6.45) is 8.24. The second-order valence-electron chi connectivity index (χ2n) is 4.28. The van der Waals surface area contributed by atoms with Gasteiger partial charge in [0.1, 0.15) is 0 Å². The van der Waals surface area contributed by atoms with E-state index in [0.29, 0.717) is 0 Å². The zero-order valence-corrected chi connectivity index (χ0v) is 9.39. The molecule has 2 heterocycles. The molecule has 0 aliphatic carbocycles. The maximum Gasteiger partial charge on any atom is 0.0945 e. The molecule has 1 fully saturated rings. The summed E-state index contributed by atoms with van der Waals surface area (Å²) >= 11 is 0. The van der Waals surface area contributed by atoms with E-state index < -0.39 is 0 Å². The zero-order valence-electron chi connectivity index (χ0n) is 9.39. The van der Waals surface area contributed by atoms with Crippen LogP contribution >= 0.6 is 0 Å². The van der Waals surface area contributed by atoms with Crippen LogP contribution in [-0.2, 0) is 6.54 Å². The van der Waals surface area contributed by atoms with Crippen molar-refractivity contribution < 1.29 is 0 Å². The van der Waals surface area contributed by atoms with E-state index in [-0.39, 0.29) is 0 Å². The highest BCUT2D eigenvalue weighted by Gasteiger charge is 2.18. The van der Waals surface area contributed by atoms with Crippen molar-refractivity contribution in [1.29, 1.82) is 0 Å². The number of rotatable bonds is 5. The number of imidazole rings is 1. The van der Waals surface area contributed by atoms with Crippen molar-refractivity contribution in [2.45, 2.75) is 25.4 Å². The molecule has 0 saturated carbocycles. The van der Waals surface area contributed by atoms with Crippen LogP contribution in [0.1, 0.15) is 12.8 Å². The van der Waals surface area contributed by atoms with Gasteiger partial charge in [-0.15, -0.1) is 0 Å². The fourth-order valence-corrected chi connectivity index (χ4v) is 2.12. The third-order valence-electron chi connectivity index (χ3n) is 3.14. The fourth-order valence-electron chi connectivity index (χ4n) is 2.12. The van der Waals surface area contributed by atoms with Gasteiger partial charge < -0.3 is 14.8 Å². The Morgan fingerprint density at radius 2 is 2.53 bits per heavy atom. The lowest BCUT2D eigenvalue weighted by atomic mass is 10.2. The first-order valence-electron chi connectivity index (χ1n) is 5.73. The highest BCUT2D eigenvalue weighted by molar-refractivity contribution is 4.79. The summed E-state index contributed by atoms with van der Waals surface area (Å²) in [5.74, 6) is 0. The average molecular weight is 208 g/mol. The molecule has 2 rings (SSSR count). The number of aryl methyl sites for hydroxylation is 1. The van der Waals surface area contributed by atoms with E-state index in [1.165, 1.54) is 25.9 Å². The van der Waals surface area contributed by atoms with Gasteiger partial charge >= 0.3 is 0 Å². The molecule has 1 atom stereocenters. The standard InChI is InChI=1S/C11H20N4/c1-14(11-3-4-12-9-11)6-2-7-15-8-5-13-10-15/h5,8,10-12H,2-4,6-7,9H2,1H3. The normalized spacial score (nSPS) is 21.3. The van der Waals surface area contributed by atoms with Gasteiger partial charge in [-0.1, -0.05) is 0 Å². The molecule has 1 saturated heterocycles. The molecule has 0 bridgehead atoms. The molecular formula is C11H20N4. The topological polar surface area (TPSA) is 33.1 Å². The van der Waals surface area contributed by atoms with E-state index in [9.17, 15) is 0 Å². The smallest absolute Gasteiger partial charge is 0.0945 e. The van der Waals surface area contributed by atoms with Gasteiger partial charge in [0.25, 0.3) is 0 Å². The van der Waals surface area contributed by atoms with E-state index >= 15 is 0 Å². The van der Waals surface area contributed by atoms with E-state index in [1.54, 1.807) is 0 Å². The minimum absolute atomic E-state index is 0.743. The average Bonchev–Trinajstić information content (AvgIpc) is 2.90. The number of nitrogens with one attached hydrogen (secondary N) is 1. The molecule has 0 spiro atoms. The second kappa shape index (κ2) is 5.28. The summed E-state index contributed by atoms with van der Waals surface area (Å²) in [6, 6.07) is 0.743. The van der Waals surface area contributed by atoms with Crippen LogP contribution in [0.15, 0.2) is 18.7 Å². The minimum atomic E-state index is 0.743. The van der Waals surface area contributed by atoms with Crippen LogP contribution in [0.2, 0.25) is 0 Å². The number of hydrogen-bond donors (Lipinski definition) is 1. The molecule has 1 N–H and O–H groups in total. The van der Waals surface area contributed by atoms with Gasteiger partial charge in [0.15, 0.2) is 0 Å². The third-order valence-corrected chi connectivity index (χ3v) is 3.14. The van der Waals surface area contributed by atoms with Gasteiger partial charge in [-0.25, -0.2) is 4.98 Å². The predicted molar refractivity (Wildman–Crippen MR) is 60.7 cm³/mol. The first kappa shape index (κ1) is 10.6. The molecule has 1 aliphatic rings. The lowest BCUT2D eigenvalue weighted by Crippen LogP contribution is -2.34. The van der Waals surface area contributed by atoms with Crippen LogP contribution in [0, 0.1) is 0 Å². The first-order chi connectivity index (χ1) is 7.36. The van der Waals surface area contributed by atoms with E-state index in [1.807, 2.05) is 18.7 Å². The Hall–Kier alpha value is -0.870. The number of nitrogens with zero attached hydrogens (tertiary/aromatic N) is 3. The van der Waals surface area contributed by atoms with Gasteiger partial charge in [0.05, 0.1) is 6.33 Å². The lowest BCUT2D eigenvalue weighted by Gasteiger charge is -2.23. The SMILES string of the molecule is CN(CCCn1ccnc1)C1CCNC1. The number of aromatic nitrogens is 2. The highest BCUT2D eigenvalue weighted by Crippen LogP contribution is 2.06. The summed E-state index contributed by atoms with van der Waals surface area (Å²) in [4.78, 5) is 6.51. The monoisotopic (exact) mass is 208 g/mol. The van der Waals surface area contributed by atoms with E-state index in [4.69, 9.17) is 0 Å². The number of hydrogen-bond acceptors (Lipinski definition) is 3. The van der Waals surface area contributed by atoms with Gasteiger partial charge in [-0.2, -0.15) is 0 Å². The lowest BCUT2D eigenvalue weighted by molar-refractivity contribution is 0.249. The van der Waals surface area contributed by atoms with Crippen molar-refractivity contribution in [3.05, 3.63) is 18.7 Å². The van der Waals surface area contributed by atoms with Gasteiger partial charge in [0.2, 0.25) is 0 Å². The van der Waals surface area contributed by atoms with Crippen LogP contribution in [0.25, 0.3) is 0 Å². The molecule has 0 amide bonds. The molecule has 1 aliphatic heterocycles. The Morgan fingerprint density at radius 1 is 1.60 bits per heavy atom. The van der Waals surface area contributed by atoms with Crippen molar-refractivity contribution in [3.8, 4) is 0 Å². The second-order valence-corrected chi connectivity index (χ2v) is 4.28. The Kier molecular flexibility index (Phi) is 3.75. The minimum Gasteiger partial charge on any atom is -0.337 e. The summed E-state index contributed by atoms with van der Waals surface area (Å²) in [6.45, 7) is 4.58. The molecule has 15 heavy (non-hydrogen) atoms. The Balaban J connectivity index is 1.64. The summed E-state index contributed by atoms with van der Waals surface area (Å²) in [7, 11) is 2.23. The Morgan fingerprint density at radius 3 is 3.20 bits per heavy atom. The molecule has 1 aromatic heterocycles. The van der Waals surface area contributed by atoms with Crippen molar-refractivity contribution >= 4 is 0 Å². The van der Waals surface area contributed by atoms with E-state index in [2.05, 4.69) is 26.8 Å². The summed E-state index contributed by atoms with van der Waals surface area (Å²) < 4.78 is 2.14. The molecule has 4 heteroatoms. The predicted octanol–water partition coefficient (Wildman–Crippen LogP) is 0.567. The Bertz CT molecular complexity index is 264. The van der Waals surface area contributed by atoms with Crippen molar-refractivity contribution in [1.82, 2.24) is 19.8 Å². The van der Waals surface area contributed by atoms with Crippen LogP contribution in [0.5, 0.6) is 0 Å². The van der Waals surface area contributed by atoms with Gasteiger partial charge in [0, 0.05) is 31.5 Å².